The Labute approximate surface area is 144 Å². The number of benzene rings is 3. The average Bonchev–Trinajstić information content (AvgIpc) is 2.65. The first-order valence-corrected chi connectivity index (χ1v) is 9.23. The third kappa shape index (κ3) is 2.31. The zero-order valence-electron chi connectivity index (χ0n) is 14.6. The van der Waals surface area contributed by atoms with Crippen LogP contribution >= 0.6 is 0 Å². The van der Waals surface area contributed by atoms with Crippen LogP contribution in [0.1, 0.15) is 50.2 Å². The maximum absolute atomic E-state index is 2.51. The molecule has 4 rings (SSSR count). The molecule has 0 aliphatic carbocycles. The molecule has 0 fully saturated rings. The molecule has 3 aromatic carbocycles. The Morgan fingerprint density at radius 2 is 1.62 bits per heavy atom. The van der Waals surface area contributed by atoms with Crippen molar-refractivity contribution < 1.29 is 0 Å². The summed E-state index contributed by atoms with van der Waals surface area (Å²) in [5, 5.41) is 2.72. The highest BCUT2D eigenvalue weighted by Crippen LogP contribution is 2.49. The predicted octanol–water partition coefficient (Wildman–Crippen LogP) is 6.63. The second kappa shape index (κ2) is 6.32. The molecule has 1 heteroatoms. The van der Waals surface area contributed by atoms with Gasteiger partial charge in [0.25, 0.3) is 0 Å². The van der Waals surface area contributed by atoms with Gasteiger partial charge in [-0.1, -0.05) is 74.4 Å². The first-order chi connectivity index (χ1) is 11.8. The molecule has 0 aromatic heterocycles. The second-order valence-electron chi connectivity index (χ2n) is 6.72. The van der Waals surface area contributed by atoms with Crippen LogP contribution in [0.3, 0.4) is 0 Å². The summed E-state index contributed by atoms with van der Waals surface area (Å²) in [6.45, 7) is 5.54. The molecular weight excluding hydrogens is 290 g/mol. The maximum Gasteiger partial charge on any atom is 0.0529 e. The molecular formula is C23H25N. The highest BCUT2D eigenvalue weighted by atomic mass is 15.1. The molecule has 1 heterocycles. The summed E-state index contributed by atoms with van der Waals surface area (Å²) in [7, 11) is 0. The van der Waals surface area contributed by atoms with E-state index in [9.17, 15) is 0 Å². The number of anilines is 2. The highest BCUT2D eigenvalue weighted by molar-refractivity contribution is 5.99. The van der Waals surface area contributed by atoms with Crippen LogP contribution in [0.2, 0.25) is 0 Å². The molecule has 0 N–H and O–H groups in total. The van der Waals surface area contributed by atoms with Crippen LogP contribution in [0.5, 0.6) is 0 Å². The van der Waals surface area contributed by atoms with E-state index in [-0.39, 0.29) is 0 Å². The summed E-state index contributed by atoms with van der Waals surface area (Å²) in [6, 6.07) is 22.5. The van der Waals surface area contributed by atoms with Gasteiger partial charge in [0.2, 0.25) is 0 Å². The van der Waals surface area contributed by atoms with E-state index in [0.717, 1.165) is 6.54 Å². The van der Waals surface area contributed by atoms with Gasteiger partial charge in [0.05, 0.1) is 5.69 Å². The molecule has 1 unspecified atom stereocenters. The number of fused-ring (bicyclic) bond motifs is 4. The van der Waals surface area contributed by atoms with Crippen molar-refractivity contribution in [2.45, 2.75) is 39.0 Å². The van der Waals surface area contributed by atoms with Crippen LogP contribution < -0.4 is 4.90 Å². The van der Waals surface area contributed by atoms with Crippen molar-refractivity contribution in [1.82, 2.24) is 0 Å². The molecule has 0 saturated heterocycles. The van der Waals surface area contributed by atoms with Crippen molar-refractivity contribution in [3.63, 3.8) is 0 Å². The topological polar surface area (TPSA) is 3.24 Å². The van der Waals surface area contributed by atoms with E-state index in [4.69, 9.17) is 0 Å². The van der Waals surface area contributed by atoms with Gasteiger partial charge in [-0.2, -0.15) is 0 Å². The third-order valence-corrected chi connectivity index (χ3v) is 5.34. The molecule has 0 amide bonds. The van der Waals surface area contributed by atoms with Gasteiger partial charge >= 0.3 is 0 Å². The molecule has 24 heavy (non-hydrogen) atoms. The van der Waals surface area contributed by atoms with Gasteiger partial charge in [-0.3, -0.25) is 0 Å². The monoisotopic (exact) mass is 315 g/mol. The van der Waals surface area contributed by atoms with Crippen LogP contribution in [-0.2, 0) is 0 Å². The molecule has 3 aromatic rings. The van der Waals surface area contributed by atoms with Crippen molar-refractivity contribution in [2.24, 2.45) is 0 Å². The number of hydrogen-bond donors (Lipinski definition) is 0. The minimum absolute atomic E-state index is 0.517. The Kier molecular flexibility index (Phi) is 4.02. The number of hydrogen-bond acceptors (Lipinski definition) is 1. The molecule has 0 saturated carbocycles. The Hall–Kier alpha value is -2.28. The Bertz CT molecular complexity index is 865. The van der Waals surface area contributed by atoms with Gasteiger partial charge in [0.1, 0.15) is 0 Å². The lowest BCUT2D eigenvalue weighted by molar-refractivity contribution is 0.643. The SMILES string of the molecule is CCCCC1c2ccccc2N(CC)c2c1ccc1ccccc21. The largest absolute Gasteiger partial charge is 0.341 e. The van der Waals surface area contributed by atoms with Crippen LogP contribution in [-0.4, -0.2) is 6.54 Å². The summed E-state index contributed by atoms with van der Waals surface area (Å²) >= 11 is 0. The van der Waals surface area contributed by atoms with Crippen LogP contribution in [0.15, 0.2) is 60.7 Å². The lowest BCUT2D eigenvalue weighted by Crippen LogP contribution is -2.25. The van der Waals surface area contributed by atoms with Crippen molar-refractivity contribution in [2.75, 3.05) is 11.4 Å². The third-order valence-electron chi connectivity index (χ3n) is 5.34. The second-order valence-corrected chi connectivity index (χ2v) is 6.72. The molecule has 1 nitrogen and oxygen atoms in total. The number of nitrogens with zero attached hydrogens (tertiary/aromatic N) is 1. The van der Waals surface area contributed by atoms with Gasteiger partial charge in [-0.05, 0) is 35.9 Å². The molecule has 0 radical (unpaired) electrons. The Morgan fingerprint density at radius 3 is 2.46 bits per heavy atom. The van der Waals surface area contributed by atoms with Gasteiger partial charge in [0, 0.05) is 23.5 Å². The van der Waals surface area contributed by atoms with Crippen molar-refractivity contribution in [1.29, 1.82) is 0 Å². The molecule has 122 valence electrons. The van der Waals surface area contributed by atoms with E-state index < -0.39 is 0 Å². The highest BCUT2D eigenvalue weighted by Gasteiger charge is 2.30. The van der Waals surface area contributed by atoms with Gasteiger partial charge in [-0.25, -0.2) is 0 Å². The van der Waals surface area contributed by atoms with Crippen LogP contribution in [0.25, 0.3) is 10.8 Å². The minimum Gasteiger partial charge on any atom is -0.341 e. The van der Waals surface area contributed by atoms with Crippen LogP contribution in [0.4, 0.5) is 11.4 Å². The summed E-state index contributed by atoms with van der Waals surface area (Å²) in [4.78, 5) is 2.51. The van der Waals surface area contributed by atoms with Crippen molar-refractivity contribution >= 4 is 22.1 Å². The van der Waals surface area contributed by atoms with E-state index in [1.54, 1.807) is 0 Å². The normalized spacial score (nSPS) is 16.1. The van der Waals surface area contributed by atoms with E-state index in [0.29, 0.717) is 5.92 Å². The van der Waals surface area contributed by atoms with E-state index in [1.807, 2.05) is 0 Å². The van der Waals surface area contributed by atoms with E-state index in [1.165, 1.54) is 52.5 Å². The molecule has 0 spiro atoms. The first kappa shape index (κ1) is 15.3. The van der Waals surface area contributed by atoms with Gasteiger partial charge < -0.3 is 4.90 Å². The Morgan fingerprint density at radius 1 is 0.833 bits per heavy atom. The van der Waals surface area contributed by atoms with Gasteiger partial charge in [-0.15, -0.1) is 0 Å². The molecule has 1 aliphatic heterocycles. The quantitative estimate of drug-likeness (QED) is 0.522. The fraction of sp³-hybridized carbons (Fsp3) is 0.304. The zero-order chi connectivity index (χ0) is 16.5. The van der Waals surface area contributed by atoms with Gasteiger partial charge in [0.15, 0.2) is 0 Å². The summed E-state index contributed by atoms with van der Waals surface area (Å²) < 4.78 is 0. The lowest BCUT2D eigenvalue weighted by atomic mass is 9.80. The van der Waals surface area contributed by atoms with Crippen molar-refractivity contribution in [3.05, 3.63) is 71.8 Å². The average molecular weight is 315 g/mol. The van der Waals surface area contributed by atoms with Crippen molar-refractivity contribution in [3.8, 4) is 0 Å². The summed E-state index contributed by atoms with van der Waals surface area (Å²) in [6.07, 6.45) is 3.76. The molecule has 1 aliphatic rings. The van der Waals surface area contributed by atoms with E-state index in [2.05, 4.69) is 79.4 Å². The van der Waals surface area contributed by atoms with Crippen LogP contribution in [0, 0.1) is 0 Å². The number of unbranched alkanes of at least 4 members (excludes halogenated alkanes) is 1. The maximum atomic E-state index is 2.51. The minimum atomic E-state index is 0.517. The lowest BCUT2D eigenvalue weighted by Gasteiger charge is -2.38. The summed E-state index contributed by atoms with van der Waals surface area (Å²) in [5.74, 6) is 0.517. The van der Waals surface area contributed by atoms with E-state index >= 15 is 0 Å². The number of para-hydroxylation sites is 1. The first-order valence-electron chi connectivity index (χ1n) is 9.23. The fourth-order valence-electron chi connectivity index (χ4n) is 4.22. The predicted molar refractivity (Wildman–Crippen MR) is 104 cm³/mol. The Balaban J connectivity index is 1.99. The fourth-order valence-corrected chi connectivity index (χ4v) is 4.22. The molecule has 0 bridgehead atoms. The smallest absolute Gasteiger partial charge is 0.0529 e. The summed E-state index contributed by atoms with van der Waals surface area (Å²) in [5.41, 5.74) is 5.82. The zero-order valence-corrected chi connectivity index (χ0v) is 14.6. The molecule has 1 atom stereocenters. The number of rotatable bonds is 4. The standard InChI is InChI=1S/C23H25N/c1-3-5-11-19-20-13-8-9-14-22(20)24(4-2)23-18-12-7-6-10-17(18)15-16-21(19)23/h6-10,12-16,19H,3-5,11H2,1-2H3.